The van der Waals surface area contributed by atoms with Gasteiger partial charge in [0.1, 0.15) is 0 Å². The van der Waals surface area contributed by atoms with Crippen LogP contribution in [0.3, 0.4) is 0 Å². The molecule has 18 heavy (non-hydrogen) atoms. The first-order chi connectivity index (χ1) is 8.34. The third kappa shape index (κ3) is 3.70. The highest BCUT2D eigenvalue weighted by Crippen LogP contribution is 2.46. The zero-order valence-corrected chi connectivity index (χ0v) is 11.4. The van der Waals surface area contributed by atoms with Crippen LogP contribution in [0.25, 0.3) is 0 Å². The first kappa shape index (κ1) is 15.0. The molecule has 0 spiro atoms. The SMILES string of the molecule is CCOCC1(C(=O)NCCC(C)(C)C(=O)O)CC1. The smallest absolute Gasteiger partial charge is 0.309 e. The number of ether oxygens (including phenoxy) is 1. The second kappa shape index (κ2) is 5.69. The zero-order valence-electron chi connectivity index (χ0n) is 11.4. The van der Waals surface area contributed by atoms with Crippen LogP contribution in [0.5, 0.6) is 0 Å². The molecule has 1 fully saturated rings. The number of carboxylic acids is 1. The van der Waals surface area contributed by atoms with Crippen molar-refractivity contribution in [1.29, 1.82) is 0 Å². The van der Waals surface area contributed by atoms with Gasteiger partial charge in [-0.1, -0.05) is 0 Å². The van der Waals surface area contributed by atoms with Crippen molar-refractivity contribution in [1.82, 2.24) is 5.32 Å². The van der Waals surface area contributed by atoms with Gasteiger partial charge in [0.05, 0.1) is 17.4 Å². The van der Waals surface area contributed by atoms with Gasteiger partial charge >= 0.3 is 5.97 Å². The number of rotatable bonds is 8. The Balaban J connectivity index is 2.32. The van der Waals surface area contributed by atoms with Crippen molar-refractivity contribution < 1.29 is 19.4 Å². The Labute approximate surface area is 108 Å². The van der Waals surface area contributed by atoms with E-state index in [9.17, 15) is 9.59 Å². The molecular weight excluding hydrogens is 234 g/mol. The Kier molecular flexibility index (Phi) is 4.73. The summed E-state index contributed by atoms with van der Waals surface area (Å²) in [6.07, 6.45) is 2.15. The normalized spacial score (nSPS) is 17.3. The molecule has 0 aromatic rings. The monoisotopic (exact) mass is 257 g/mol. The lowest BCUT2D eigenvalue weighted by molar-refractivity contribution is -0.147. The number of nitrogens with one attached hydrogen (secondary N) is 1. The fourth-order valence-electron chi connectivity index (χ4n) is 1.67. The van der Waals surface area contributed by atoms with E-state index in [4.69, 9.17) is 9.84 Å². The van der Waals surface area contributed by atoms with E-state index >= 15 is 0 Å². The predicted molar refractivity (Wildman–Crippen MR) is 67.2 cm³/mol. The van der Waals surface area contributed by atoms with E-state index in [2.05, 4.69) is 5.32 Å². The highest BCUT2D eigenvalue weighted by molar-refractivity contribution is 5.85. The Morgan fingerprint density at radius 1 is 1.39 bits per heavy atom. The van der Waals surface area contributed by atoms with Crippen LogP contribution >= 0.6 is 0 Å². The maximum absolute atomic E-state index is 12.0. The molecule has 5 heteroatoms. The van der Waals surface area contributed by atoms with Crippen LogP contribution < -0.4 is 5.32 Å². The molecule has 0 aliphatic heterocycles. The molecule has 104 valence electrons. The van der Waals surface area contributed by atoms with Crippen LogP contribution in [0.1, 0.15) is 40.0 Å². The molecule has 0 unspecified atom stereocenters. The summed E-state index contributed by atoms with van der Waals surface area (Å²) in [5, 5.41) is 11.8. The number of carbonyl (C=O) groups excluding carboxylic acids is 1. The van der Waals surface area contributed by atoms with Gasteiger partial charge in [-0.2, -0.15) is 0 Å². The van der Waals surface area contributed by atoms with Crippen molar-refractivity contribution >= 4 is 11.9 Å². The van der Waals surface area contributed by atoms with Crippen molar-refractivity contribution in [3.63, 3.8) is 0 Å². The first-order valence-corrected chi connectivity index (χ1v) is 6.43. The highest BCUT2D eigenvalue weighted by Gasteiger charge is 2.49. The lowest BCUT2D eigenvalue weighted by Crippen LogP contribution is -2.38. The summed E-state index contributed by atoms with van der Waals surface area (Å²) in [5.41, 5.74) is -1.15. The lowest BCUT2D eigenvalue weighted by atomic mass is 9.89. The van der Waals surface area contributed by atoms with Crippen LogP contribution in [0.4, 0.5) is 0 Å². The van der Waals surface area contributed by atoms with Crippen LogP contribution in [0.2, 0.25) is 0 Å². The van der Waals surface area contributed by atoms with Crippen molar-refractivity contribution in [3.8, 4) is 0 Å². The Hall–Kier alpha value is -1.10. The third-order valence-corrected chi connectivity index (χ3v) is 3.53. The van der Waals surface area contributed by atoms with Gasteiger partial charge in [0.15, 0.2) is 0 Å². The van der Waals surface area contributed by atoms with E-state index in [0.717, 1.165) is 12.8 Å². The molecule has 0 aromatic carbocycles. The molecule has 1 aliphatic carbocycles. The summed E-state index contributed by atoms with van der Waals surface area (Å²) in [6, 6.07) is 0. The van der Waals surface area contributed by atoms with Crippen molar-refractivity contribution in [2.45, 2.75) is 40.0 Å². The summed E-state index contributed by atoms with van der Waals surface area (Å²) < 4.78 is 5.31. The van der Waals surface area contributed by atoms with Gasteiger partial charge < -0.3 is 15.2 Å². The maximum atomic E-state index is 12.0. The van der Waals surface area contributed by atoms with E-state index < -0.39 is 11.4 Å². The Morgan fingerprint density at radius 3 is 2.44 bits per heavy atom. The number of hydrogen-bond acceptors (Lipinski definition) is 3. The molecular formula is C13H23NO4. The van der Waals surface area contributed by atoms with Crippen LogP contribution in [-0.4, -0.2) is 36.7 Å². The fraction of sp³-hybridized carbons (Fsp3) is 0.846. The molecule has 2 N–H and O–H groups in total. The first-order valence-electron chi connectivity index (χ1n) is 6.43. The molecule has 5 nitrogen and oxygen atoms in total. The average molecular weight is 257 g/mol. The van der Waals surface area contributed by atoms with E-state index in [0.29, 0.717) is 26.2 Å². The number of amides is 1. The summed E-state index contributed by atoms with van der Waals surface area (Å²) in [6.45, 7) is 6.71. The number of carbonyl (C=O) groups is 2. The van der Waals surface area contributed by atoms with Crippen molar-refractivity contribution in [2.75, 3.05) is 19.8 Å². The van der Waals surface area contributed by atoms with Gasteiger partial charge in [-0.15, -0.1) is 0 Å². The average Bonchev–Trinajstić information content (AvgIpc) is 3.07. The van der Waals surface area contributed by atoms with Gasteiger partial charge in [0, 0.05) is 13.2 Å². The fourth-order valence-corrected chi connectivity index (χ4v) is 1.67. The minimum absolute atomic E-state index is 0.00265. The van der Waals surface area contributed by atoms with Gasteiger partial charge in [0.25, 0.3) is 0 Å². The largest absolute Gasteiger partial charge is 0.481 e. The molecule has 0 heterocycles. The quantitative estimate of drug-likeness (QED) is 0.689. The van der Waals surface area contributed by atoms with Gasteiger partial charge in [0.2, 0.25) is 5.91 Å². The lowest BCUT2D eigenvalue weighted by Gasteiger charge is -2.20. The summed E-state index contributed by atoms with van der Waals surface area (Å²) >= 11 is 0. The molecule has 1 amide bonds. The van der Waals surface area contributed by atoms with E-state index in [-0.39, 0.29) is 11.3 Å². The maximum Gasteiger partial charge on any atom is 0.309 e. The number of aliphatic carboxylic acids is 1. The molecule has 1 aliphatic rings. The summed E-state index contributed by atoms with van der Waals surface area (Å²) in [5.74, 6) is -0.843. The third-order valence-electron chi connectivity index (χ3n) is 3.53. The minimum Gasteiger partial charge on any atom is -0.481 e. The number of carboxylic acid groups (broad SMARTS) is 1. The summed E-state index contributed by atoms with van der Waals surface area (Å²) in [7, 11) is 0. The number of hydrogen-bond donors (Lipinski definition) is 2. The second-order valence-electron chi connectivity index (χ2n) is 5.61. The molecule has 0 saturated heterocycles. The molecule has 0 aromatic heterocycles. The van der Waals surface area contributed by atoms with E-state index in [1.54, 1.807) is 13.8 Å². The zero-order chi connectivity index (χ0) is 13.8. The van der Waals surface area contributed by atoms with Crippen LogP contribution in [0.15, 0.2) is 0 Å². The van der Waals surface area contributed by atoms with Gasteiger partial charge in [-0.25, -0.2) is 0 Å². The Bertz CT molecular complexity index is 321. The molecule has 0 atom stereocenters. The standard InChI is InChI=1S/C13H23NO4/c1-4-18-9-13(5-6-13)10(15)14-8-7-12(2,3)11(16)17/h4-9H2,1-3H3,(H,14,15)(H,16,17). The van der Waals surface area contributed by atoms with Gasteiger partial charge in [-0.05, 0) is 40.0 Å². The molecule has 0 radical (unpaired) electrons. The van der Waals surface area contributed by atoms with E-state index in [1.807, 2.05) is 6.92 Å². The minimum atomic E-state index is -0.841. The van der Waals surface area contributed by atoms with Crippen LogP contribution in [0, 0.1) is 10.8 Å². The van der Waals surface area contributed by atoms with Crippen molar-refractivity contribution in [2.24, 2.45) is 10.8 Å². The topological polar surface area (TPSA) is 75.6 Å². The molecule has 1 saturated carbocycles. The van der Waals surface area contributed by atoms with Crippen molar-refractivity contribution in [3.05, 3.63) is 0 Å². The van der Waals surface area contributed by atoms with Gasteiger partial charge in [-0.3, -0.25) is 9.59 Å². The molecule has 1 rings (SSSR count). The highest BCUT2D eigenvalue weighted by atomic mass is 16.5. The predicted octanol–water partition coefficient (Wildman–Crippen LogP) is 1.42. The van der Waals surface area contributed by atoms with Crippen LogP contribution in [-0.2, 0) is 14.3 Å². The van der Waals surface area contributed by atoms with E-state index in [1.165, 1.54) is 0 Å². The molecule has 0 bridgehead atoms. The Morgan fingerprint density at radius 2 is 2.00 bits per heavy atom. The second-order valence-corrected chi connectivity index (χ2v) is 5.61. The summed E-state index contributed by atoms with van der Waals surface area (Å²) in [4.78, 5) is 22.9.